The summed E-state index contributed by atoms with van der Waals surface area (Å²) >= 11 is 12.6. The molecule has 3 N–H and O–H groups in total. The number of nitrogens with zero attached hydrogens (tertiary/aromatic N) is 1. The molecule has 0 saturated carbocycles. The van der Waals surface area contributed by atoms with E-state index in [4.69, 9.17) is 23.2 Å². The lowest BCUT2D eigenvalue weighted by Crippen LogP contribution is -2.67. The van der Waals surface area contributed by atoms with Crippen molar-refractivity contribution in [3.63, 3.8) is 0 Å². The van der Waals surface area contributed by atoms with Crippen LogP contribution in [0.4, 0.5) is 4.79 Å². The molecule has 4 aromatic carbocycles. The number of nitrogens with one attached hydrogen (secondary N) is 3. The van der Waals surface area contributed by atoms with E-state index in [1.165, 1.54) is 0 Å². The lowest BCUT2D eigenvalue weighted by atomic mass is 9.52. The number of hydrogen-bond acceptors (Lipinski definition) is 5. The highest BCUT2D eigenvalue weighted by Gasteiger charge is 2.65. The van der Waals surface area contributed by atoms with Gasteiger partial charge in [-0.2, -0.15) is 4.98 Å². The first kappa shape index (κ1) is 29.4. The van der Waals surface area contributed by atoms with Gasteiger partial charge in [-0.25, -0.2) is 9.59 Å². The fraction of sp³-hybridized carbons (Fsp3) is 0.0833. The van der Waals surface area contributed by atoms with Crippen molar-refractivity contribution in [3.8, 4) is 11.3 Å². The van der Waals surface area contributed by atoms with E-state index in [0.29, 0.717) is 49.3 Å². The number of aromatic nitrogens is 2. The lowest BCUT2D eigenvalue weighted by Gasteiger charge is -2.50. The van der Waals surface area contributed by atoms with Crippen molar-refractivity contribution in [2.24, 2.45) is 5.41 Å². The summed E-state index contributed by atoms with van der Waals surface area (Å²) in [6, 6.07) is 31.2. The molecule has 1 aromatic heterocycles. The van der Waals surface area contributed by atoms with Crippen LogP contribution in [0.25, 0.3) is 22.9 Å². The SMILES string of the molecule is O=C1NC(=O)C2(C(=O)N1)C(c1ccc(Cl)cc1)/C(=C/c1ccccc1)c1nc(=O)[nH]c(-c3ccccc3)c1C2c1ccc(Cl)cc1. The summed E-state index contributed by atoms with van der Waals surface area (Å²) in [5.41, 5.74) is 1.49. The molecule has 1 fully saturated rings. The third-order valence-electron chi connectivity index (χ3n) is 8.55. The third-order valence-corrected chi connectivity index (χ3v) is 9.05. The molecule has 5 aromatic rings. The molecule has 4 amide bonds. The molecule has 1 saturated heterocycles. The topological polar surface area (TPSA) is 121 Å². The molecule has 2 unspecified atom stereocenters. The molecule has 2 atom stereocenters. The normalized spacial score (nSPS) is 19.4. The highest BCUT2D eigenvalue weighted by atomic mass is 35.5. The van der Waals surface area contributed by atoms with Crippen molar-refractivity contribution in [3.05, 3.63) is 158 Å². The molecule has 226 valence electrons. The minimum Gasteiger partial charge on any atom is -0.305 e. The molecule has 8 nitrogen and oxygen atoms in total. The Morgan fingerprint density at radius 3 is 1.74 bits per heavy atom. The molecule has 2 heterocycles. The van der Waals surface area contributed by atoms with Crippen LogP contribution >= 0.6 is 23.2 Å². The average molecular weight is 648 g/mol. The second-order valence-electron chi connectivity index (χ2n) is 11.1. The predicted octanol–water partition coefficient (Wildman–Crippen LogP) is 6.57. The van der Waals surface area contributed by atoms with Crippen LogP contribution in [-0.2, 0) is 9.59 Å². The molecule has 10 heteroatoms. The van der Waals surface area contributed by atoms with E-state index in [2.05, 4.69) is 20.6 Å². The number of carbonyl (C=O) groups is 3. The number of carbonyl (C=O) groups excluding carboxylic acids is 3. The monoisotopic (exact) mass is 646 g/mol. The minimum atomic E-state index is -1.99. The van der Waals surface area contributed by atoms with E-state index < -0.39 is 40.8 Å². The first-order chi connectivity index (χ1) is 22.3. The summed E-state index contributed by atoms with van der Waals surface area (Å²) in [6.07, 6.45) is 1.83. The number of imide groups is 2. The zero-order valence-electron chi connectivity index (χ0n) is 24.0. The molecule has 0 radical (unpaired) electrons. The molecule has 7 rings (SSSR count). The quantitative estimate of drug-likeness (QED) is 0.191. The zero-order chi connectivity index (χ0) is 32.0. The first-order valence-electron chi connectivity index (χ1n) is 14.4. The van der Waals surface area contributed by atoms with Crippen LogP contribution in [0.3, 0.4) is 0 Å². The summed E-state index contributed by atoms with van der Waals surface area (Å²) < 4.78 is 0. The van der Waals surface area contributed by atoms with Gasteiger partial charge in [-0.1, -0.05) is 108 Å². The number of barbiturate groups is 1. The number of aromatic amines is 1. The van der Waals surface area contributed by atoms with Gasteiger partial charge in [0.25, 0.3) is 0 Å². The van der Waals surface area contributed by atoms with Gasteiger partial charge >= 0.3 is 11.7 Å². The maximum Gasteiger partial charge on any atom is 0.345 e. The largest absolute Gasteiger partial charge is 0.345 e. The molecule has 1 aliphatic heterocycles. The van der Waals surface area contributed by atoms with E-state index >= 15 is 0 Å². The highest BCUT2D eigenvalue weighted by molar-refractivity contribution is 6.31. The van der Waals surface area contributed by atoms with Crippen molar-refractivity contribution in [2.45, 2.75) is 11.8 Å². The van der Waals surface area contributed by atoms with Crippen LogP contribution in [0.1, 0.15) is 39.8 Å². The number of H-pyrrole nitrogens is 1. The molecule has 2 aliphatic rings. The van der Waals surface area contributed by atoms with Gasteiger partial charge in [0.15, 0.2) is 5.41 Å². The van der Waals surface area contributed by atoms with Crippen molar-refractivity contribution < 1.29 is 14.4 Å². The lowest BCUT2D eigenvalue weighted by molar-refractivity contribution is -0.146. The van der Waals surface area contributed by atoms with Gasteiger partial charge in [0.2, 0.25) is 11.8 Å². The van der Waals surface area contributed by atoms with Crippen LogP contribution < -0.4 is 16.3 Å². The minimum absolute atomic E-state index is 0.314. The number of allylic oxidation sites excluding steroid dienone is 1. The van der Waals surface area contributed by atoms with Crippen molar-refractivity contribution in [1.82, 2.24) is 20.6 Å². The number of rotatable bonds is 4. The summed E-state index contributed by atoms with van der Waals surface area (Å²) in [6.45, 7) is 0. The number of benzene rings is 4. The van der Waals surface area contributed by atoms with Crippen LogP contribution in [-0.4, -0.2) is 27.8 Å². The Morgan fingerprint density at radius 1 is 0.652 bits per heavy atom. The van der Waals surface area contributed by atoms with Gasteiger partial charge in [-0.05, 0) is 58.2 Å². The van der Waals surface area contributed by atoms with Gasteiger partial charge in [0.1, 0.15) is 0 Å². The van der Waals surface area contributed by atoms with E-state index in [1.807, 2.05) is 66.7 Å². The standard InChI is InChI=1S/C36H24Cl2N4O4/c37-24-15-11-21(12-16-24)28-26(19-20-7-3-1-4-8-20)31-27(30(39-34(45)40-31)23-9-5-2-6-10-23)29(22-13-17-25(38)18-14-22)36(28)32(43)41-35(46)42-33(36)44/h1-19,28-29H,(H,39,40,45)(H2,41,42,43,44,46)/b26-19-. The average Bonchev–Trinajstić information content (AvgIpc) is 3.05. The Kier molecular flexibility index (Phi) is 7.39. The molecular formula is C36H24Cl2N4O4. The highest BCUT2D eigenvalue weighted by Crippen LogP contribution is 2.62. The van der Waals surface area contributed by atoms with Gasteiger partial charge in [0, 0.05) is 27.4 Å². The Labute approximate surface area is 273 Å². The van der Waals surface area contributed by atoms with Crippen LogP contribution in [0, 0.1) is 5.41 Å². The Balaban J connectivity index is 1.70. The van der Waals surface area contributed by atoms with Crippen molar-refractivity contribution >= 4 is 52.7 Å². The smallest absolute Gasteiger partial charge is 0.305 e. The van der Waals surface area contributed by atoms with Crippen LogP contribution in [0.15, 0.2) is 114 Å². The zero-order valence-corrected chi connectivity index (χ0v) is 25.5. The second-order valence-corrected chi connectivity index (χ2v) is 12.0. The molecule has 46 heavy (non-hydrogen) atoms. The summed E-state index contributed by atoms with van der Waals surface area (Å²) in [7, 11) is 0. The Bertz CT molecular complexity index is 2080. The number of hydrogen-bond donors (Lipinski definition) is 3. The van der Waals surface area contributed by atoms with Gasteiger partial charge in [-0.3, -0.25) is 20.2 Å². The first-order valence-corrected chi connectivity index (χ1v) is 15.2. The number of halogens is 2. The maximum atomic E-state index is 14.7. The van der Waals surface area contributed by atoms with Crippen LogP contribution in [0.2, 0.25) is 10.0 Å². The van der Waals surface area contributed by atoms with E-state index in [1.54, 1.807) is 48.5 Å². The summed E-state index contributed by atoms with van der Waals surface area (Å²) in [5, 5.41) is 5.69. The maximum absolute atomic E-state index is 14.7. The molecule has 1 aliphatic carbocycles. The van der Waals surface area contributed by atoms with Gasteiger partial charge in [0.05, 0.1) is 11.4 Å². The van der Waals surface area contributed by atoms with Crippen molar-refractivity contribution in [1.29, 1.82) is 0 Å². The molecular weight excluding hydrogens is 623 g/mol. The fourth-order valence-electron chi connectivity index (χ4n) is 6.73. The van der Waals surface area contributed by atoms with Crippen LogP contribution in [0.5, 0.6) is 0 Å². The van der Waals surface area contributed by atoms with E-state index in [-0.39, 0.29) is 0 Å². The van der Waals surface area contributed by atoms with Gasteiger partial charge < -0.3 is 4.98 Å². The fourth-order valence-corrected chi connectivity index (χ4v) is 6.98. The third kappa shape index (κ3) is 4.83. The number of amides is 4. The van der Waals surface area contributed by atoms with Gasteiger partial charge in [-0.15, -0.1) is 0 Å². The van der Waals surface area contributed by atoms with Crippen molar-refractivity contribution in [2.75, 3.05) is 0 Å². The number of urea groups is 1. The van der Waals surface area contributed by atoms with E-state index in [9.17, 15) is 19.2 Å². The molecule has 1 spiro atoms. The number of fused-ring (bicyclic) bond motifs is 1. The molecule has 0 bridgehead atoms. The predicted molar refractivity (Wildman–Crippen MR) is 176 cm³/mol. The summed E-state index contributed by atoms with van der Waals surface area (Å²) in [4.78, 5) is 62.8. The van der Waals surface area contributed by atoms with E-state index in [0.717, 1.165) is 5.56 Å². The Morgan fingerprint density at radius 2 is 1.17 bits per heavy atom. The summed E-state index contributed by atoms with van der Waals surface area (Å²) in [5.74, 6) is -3.68. The second kappa shape index (κ2) is 11.6. The Hall–Kier alpha value is -5.31.